The summed E-state index contributed by atoms with van der Waals surface area (Å²) in [5.74, 6) is 0. The molecular formula is C12H18N4O2S. The highest BCUT2D eigenvalue weighted by molar-refractivity contribution is 7.89. The molecule has 0 bridgehead atoms. The van der Waals surface area contributed by atoms with E-state index < -0.39 is 20.8 Å². The fourth-order valence-corrected chi connectivity index (χ4v) is 3.68. The molecule has 1 saturated heterocycles. The molecule has 19 heavy (non-hydrogen) atoms. The van der Waals surface area contributed by atoms with Crippen molar-refractivity contribution < 1.29 is 8.42 Å². The molecule has 7 heteroatoms. The molecule has 0 unspecified atom stereocenters. The first-order valence-electron chi connectivity index (χ1n) is 6.19. The molecule has 0 saturated carbocycles. The molecule has 2 heterocycles. The molecule has 0 amide bonds. The van der Waals surface area contributed by atoms with E-state index in [9.17, 15) is 8.42 Å². The molecule has 0 atom stereocenters. The Labute approximate surface area is 113 Å². The molecule has 0 aliphatic carbocycles. The van der Waals surface area contributed by atoms with E-state index >= 15 is 0 Å². The van der Waals surface area contributed by atoms with Gasteiger partial charge < -0.3 is 0 Å². The normalized spacial score (nSPS) is 19.1. The molecule has 6 nitrogen and oxygen atoms in total. The lowest BCUT2D eigenvalue weighted by atomic mass is 9.89. The Morgan fingerprint density at radius 3 is 2.58 bits per heavy atom. The number of aromatic nitrogens is 2. The van der Waals surface area contributed by atoms with Crippen molar-refractivity contribution in [2.24, 2.45) is 0 Å². The maximum atomic E-state index is 12.1. The van der Waals surface area contributed by atoms with Crippen LogP contribution in [0.15, 0.2) is 12.4 Å². The second-order valence-corrected chi connectivity index (χ2v) is 7.87. The maximum Gasteiger partial charge on any atom is 0.216 e. The first-order valence-corrected chi connectivity index (χ1v) is 7.70. The van der Waals surface area contributed by atoms with Gasteiger partial charge in [0.25, 0.3) is 0 Å². The third-order valence-corrected chi connectivity index (χ3v) is 5.67. The number of nitrogens with zero attached hydrogens (tertiary/aromatic N) is 4. The Balaban J connectivity index is 2.23. The van der Waals surface area contributed by atoms with E-state index in [-0.39, 0.29) is 6.42 Å². The molecular weight excluding hydrogens is 264 g/mol. The van der Waals surface area contributed by atoms with E-state index in [0.717, 1.165) is 5.56 Å². The van der Waals surface area contributed by atoms with E-state index in [1.165, 1.54) is 4.31 Å². The predicted molar refractivity (Wildman–Crippen MR) is 70.8 cm³/mol. The number of aryl methyl sites for hydroxylation is 1. The zero-order chi connectivity index (χ0) is 14.3. The van der Waals surface area contributed by atoms with Gasteiger partial charge in [0.15, 0.2) is 0 Å². The fraction of sp³-hybridized carbons (Fsp3) is 0.667. The standard InChI is InChI=1S/C12H18N4O2S/c1-10(2)19(17,18)15-8-12(9-15,4-5-13)16-7-11(3)6-14-16/h6-7,10H,4,8-9H2,1-3H3. The van der Waals surface area contributed by atoms with Gasteiger partial charge in [-0.3, -0.25) is 4.68 Å². The van der Waals surface area contributed by atoms with Crippen LogP contribution in [0.1, 0.15) is 25.8 Å². The summed E-state index contributed by atoms with van der Waals surface area (Å²) in [6, 6.07) is 2.14. The number of hydrogen-bond donors (Lipinski definition) is 0. The largest absolute Gasteiger partial charge is 0.263 e. The zero-order valence-corrected chi connectivity index (χ0v) is 12.2. The van der Waals surface area contributed by atoms with E-state index in [0.29, 0.717) is 13.1 Å². The Morgan fingerprint density at radius 2 is 2.16 bits per heavy atom. The minimum atomic E-state index is -3.25. The van der Waals surface area contributed by atoms with Crippen LogP contribution in [-0.4, -0.2) is 40.8 Å². The van der Waals surface area contributed by atoms with Crippen molar-refractivity contribution in [1.29, 1.82) is 5.26 Å². The molecule has 0 radical (unpaired) electrons. The smallest absolute Gasteiger partial charge is 0.216 e. The van der Waals surface area contributed by atoms with Crippen LogP contribution in [0.3, 0.4) is 0 Å². The molecule has 1 aliphatic heterocycles. The summed E-state index contributed by atoms with van der Waals surface area (Å²) in [5.41, 5.74) is 0.493. The van der Waals surface area contributed by atoms with E-state index in [2.05, 4.69) is 11.2 Å². The van der Waals surface area contributed by atoms with Gasteiger partial charge in [0, 0.05) is 19.3 Å². The molecule has 2 rings (SSSR count). The molecule has 104 valence electrons. The lowest BCUT2D eigenvalue weighted by Crippen LogP contribution is -2.65. The quantitative estimate of drug-likeness (QED) is 0.820. The van der Waals surface area contributed by atoms with Crippen LogP contribution >= 0.6 is 0 Å². The summed E-state index contributed by atoms with van der Waals surface area (Å²) < 4.78 is 27.3. The molecule has 0 aromatic carbocycles. The predicted octanol–water partition coefficient (Wildman–Crippen LogP) is 0.854. The van der Waals surface area contributed by atoms with Crippen LogP contribution in [0.4, 0.5) is 0 Å². The third-order valence-electron chi connectivity index (χ3n) is 3.50. The van der Waals surface area contributed by atoms with Gasteiger partial charge in [-0.2, -0.15) is 14.7 Å². The molecule has 0 spiro atoms. The van der Waals surface area contributed by atoms with Gasteiger partial charge in [0.2, 0.25) is 10.0 Å². The van der Waals surface area contributed by atoms with Crippen LogP contribution in [0.5, 0.6) is 0 Å². The minimum absolute atomic E-state index is 0.262. The van der Waals surface area contributed by atoms with E-state index in [1.807, 2.05) is 13.1 Å². The van der Waals surface area contributed by atoms with Gasteiger partial charge in [-0.15, -0.1) is 0 Å². The van der Waals surface area contributed by atoms with Gasteiger partial charge in [0.05, 0.1) is 23.9 Å². The van der Waals surface area contributed by atoms with Gasteiger partial charge in [-0.1, -0.05) is 0 Å². The fourth-order valence-electron chi connectivity index (χ4n) is 2.25. The lowest BCUT2D eigenvalue weighted by Gasteiger charge is -2.48. The molecule has 0 N–H and O–H groups in total. The van der Waals surface area contributed by atoms with Crippen LogP contribution in [0.25, 0.3) is 0 Å². The van der Waals surface area contributed by atoms with Gasteiger partial charge >= 0.3 is 0 Å². The summed E-state index contributed by atoms with van der Waals surface area (Å²) >= 11 is 0. The van der Waals surface area contributed by atoms with Crippen LogP contribution in [-0.2, 0) is 15.6 Å². The summed E-state index contributed by atoms with van der Waals surface area (Å²) in [7, 11) is -3.25. The average molecular weight is 282 g/mol. The van der Waals surface area contributed by atoms with Crippen molar-refractivity contribution in [1.82, 2.24) is 14.1 Å². The van der Waals surface area contributed by atoms with Crippen LogP contribution in [0.2, 0.25) is 0 Å². The Kier molecular flexibility index (Phi) is 3.41. The molecule has 1 aromatic rings. The number of sulfonamides is 1. The van der Waals surface area contributed by atoms with Crippen molar-refractivity contribution >= 4 is 10.0 Å². The minimum Gasteiger partial charge on any atom is -0.263 e. The Morgan fingerprint density at radius 1 is 1.53 bits per heavy atom. The first kappa shape index (κ1) is 14.0. The van der Waals surface area contributed by atoms with Gasteiger partial charge in [0.1, 0.15) is 5.54 Å². The maximum absolute atomic E-state index is 12.1. The highest BCUT2D eigenvalue weighted by Crippen LogP contribution is 2.35. The molecule has 1 aromatic heterocycles. The summed E-state index contributed by atoms with van der Waals surface area (Å²) in [6.07, 6.45) is 3.84. The Bertz CT molecular complexity index is 606. The summed E-state index contributed by atoms with van der Waals surface area (Å²) in [5, 5.41) is 12.8. The Hall–Kier alpha value is -1.39. The van der Waals surface area contributed by atoms with E-state index in [4.69, 9.17) is 5.26 Å². The topological polar surface area (TPSA) is 79.0 Å². The lowest BCUT2D eigenvalue weighted by molar-refractivity contribution is 0.0710. The summed E-state index contributed by atoms with van der Waals surface area (Å²) in [6.45, 7) is 5.89. The van der Waals surface area contributed by atoms with Gasteiger partial charge in [-0.25, -0.2) is 8.42 Å². The van der Waals surface area contributed by atoms with Gasteiger partial charge in [-0.05, 0) is 26.3 Å². The summed E-state index contributed by atoms with van der Waals surface area (Å²) in [4.78, 5) is 0. The van der Waals surface area contributed by atoms with Crippen LogP contribution in [0, 0.1) is 18.3 Å². The number of hydrogen-bond acceptors (Lipinski definition) is 4. The average Bonchev–Trinajstić information content (AvgIpc) is 2.69. The first-order chi connectivity index (χ1) is 8.82. The van der Waals surface area contributed by atoms with Crippen molar-refractivity contribution in [3.05, 3.63) is 18.0 Å². The van der Waals surface area contributed by atoms with Crippen molar-refractivity contribution in [3.63, 3.8) is 0 Å². The van der Waals surface area contributed by atoms with Crippen molar-refractivity contribution in [2.45, 2.75) is 38.0 Å². The molecule has 1 aliphatic rings. The second kappa shape index (κ2) is 4.62. The highest BCUT2D eigenvalue weighted by Gasteiger charge is 2.50. The molecule has 1 fully saturated rings. The number of nitriles is 1. The number of rotatable bonds is 4. The SMILES string of the molecule is Cc1cnn(C2(CC#N)CN(S(=O)(=O)C(C)C)C2)c1. The highest BCUT2D eigenvalue weighted by atomic mass is 32.2. The zero-order valence-electron chi connectivity index (χ0n) is 11.4. The van der Waals surface area contributed by atoms with Crippen molar-refractivity contribution in [3.8, 4) is 6.07 Å². The second-order valence-electron chi connectivity index (χ2n) is 5.38. The van der Waals surface area contributed by atoms with E-state index in [1.54, 1.807) is 24.7 Å². The monoisotopic (exact) mass is 282 g/mol. The third kappa shape index (κ3) is 2.26. The van der Waals surface area contributed by atoms with Crippen LogP contribution < -0.4 is 0 Å². The van der Waals surface area contributed by atoms with Crippen molar-refractivity contribution in [2.75, 3.05) is 13.1 Å².